The first-order chi connectivity index (χ1) is 8.45. The van der Waals surface area contributed by atoms with Gasteiger partial charge in [0, 0.05) is 11.9 Å². The van der Waals surface area contributed by atoms with Crippen LogP contribution in [0.25, 0.3) is 0 Å². The van der Waals surface area contributed by atoms with Crippen LogP contribution in [-0.4, -0.2) is 28.6 Å². The second-order valence-corrected chi connectivity index (χ2v) is 6.88. The van der Waals surface area contributed by atoms with E-state index in [1.807, 2.05) is 0 Å². The van der Waals surface area contributed by atoms with E-state index in [-0.39, 0.29) is 23.7 Å². The lowest BCUT2D eigenvalue weighted by molar-refractivity contribution is -0.141. The molecule has 102 valence electrons. The summed E-state index contributed by atoms with van der Waals surface area (Å²) in [5.41, 5.74) is 0. The van der Waals surface area contributed by atoms with E-state index in [0.717, 1.165) is 18.2 Å². The molecule has 0 N–H and O–H groups in total. The third kappa shape index (κ3) is 2.36. The molecular formula is C14H22BrNO2. The van der Waals surface area contributed by atoms with Crippen LogP contribution in [0.1, 0.15) is 33.6 Å². The number of hydrogen-bond donors (Lipinski definition) is 0. The van der Waals surface area contributed by atoms with Gasteiger partial charge in [0.25, 0.3) is 0 Å². The standard InChI is InChI=1S/C14H22BrNO2/c1-8(2)10(6-15)7-16-13(17)11-4-9(3)5-12(11)14(16)18/h8-12H,4-7H2,1-3H3. The Labute approximate surface area is 117 Å². The molecule has 1 aliphatic carbocycles. The van der Waals surface area contributed by atoms with Gasteiger partial charge in [-0.2, -0.15) is 0 Å². The van der Waals surface area contributed by atoms with Crippen LogP contribution in [0.5, 0.6) is 0 Å². The predicted octanol–water partition coefficient (Wildman–Crippen LogP) is 2.68. The van der Waals surface area contributed by atoms with Crippen LogP contribution in [-0.2, 0) is 9.59 Å². The molecule has 18 heavy (non-hydrogen) atoms. The van der Waals surface area contributed by atoms with Crippen LogP contribution >= 0.6 is 15.9 Å². The maximum Gasteiger partial charge on any atom is 0.233 e. The van der Waals surface area contributed by atoms with Crippen molar-refractivity contribution in [2.24, 2.45) is 29.6 Å². The Hall–Kier alpha value is -0.380. The van der Waals surface area contributed by atoms with Crippen molar-refractivity contribution >= 4 is 27.7 Å². The Morgan fingerprint density at radius 3 is 2.11 bits per heavy atom. The van der Waals surface area contributed by atoms with Gasteiger partial charge >= 0.3 is 0 Å². The first-order valence-electron chi connectivity index (χ1n) is 6.86. The average molecular weight is 316 g/mol. The van der Waals surface area contributed by atoms with Gasteiger partial charge in [-0.25, -0.2) is 0 Å². The number of alkyl halides is 1. The van der Waals surface area contributed by atoms with E-state index >= 15 is 0 Å². The summed E-state index contributed by atoms with van der Waals surface area (Å²) in [6.07, 6.45) is 1.79. The molecule has 4 heteroatoms. The third-order valence-electron chi connectivity index (χ3n) is 4.52. The molecule has 0 bridgehead atoms. The topological polar surface area (TPSA) is 37.4 Å². The van der Waals surface area contributed by atoms with Crippen LogP contribution < -0.4 is 0 Å². The first-order valence-corrected chi connectivity index (χ1v) is 7.99. The number of carbonyl (C=O) groups excluding carboxylic acids is 2. The Balaban J connectivity index is 2.08. The number of halogens is 1. The van der Waals surface area contributed by atoms with Gasteiger partial charge in [0.05, 0.1) is 11.8 Å². The van der Waals surface area contributed by atoms with Crippen molar-refractivity contribution in [3.8, 4) is 0 Å². The van der Waals surface area contributed by atoms with Crippen LogP contribution in [0, 0.1) is 29.6 Å². The molecule has 2 rings (SSSR count). The molecule has 1 aliphatic heterocycles. The lowest BCUT2D eigenvalue weighted by Gasteiger charge is -2.25. The number of rotatable bonds is 4. The van der Waals surface area contributed by atoms with Crippen molar-refractivity contribution < 1.29 is 9.59 Å². The molecular weight excluding hydrogens is 294 g/mol. The van der Waals surface area contributed by atoms with Gasteiger partial charge in [0.15, 0.2) is 0 Å². The Bertz CT molecular complexity index is 332. The summed E-state index contributed by atoms with van der Waals surface area (Å²) >= 11 is 3.49. The number of carbonyl (C=O) groups is 2. The monoisotopic (exact) mass is 315 g/mol. The number of nitrogens with zero attached hydrogens (tertiary/aromatic N) is 1. The van der Waals surface area contributed by atoms with Crippen LogP contribution in [0.2, 0.25) is 0 Å². The summed E-state index contributed by atoms with van der Waals surface area (Å²) in [6.45, 7) is 7.00. The molecule has 3 unspecified atom stereocenters. The molecule has 3 nitrogen and oxygen atoms in total. The largest absolute Gasteiger partial charge is 0.282 e. The van der Waals surface area contributed by atoms with Gasteiger partial charge in [-0.05, 0) is 30.6 Å². The van der Waals surface area contributed by atoms with Crippen molar-refractivity contribution in [2.45, 2.75) is 33.6 Å². The van der Waals surface area contributed by atoms with E-state index in [0.29, 0.717) is 24.3 Å². The SMILES string of the molecule is CC1CC2C(=O)N(CC(CBr)C(C)C)C(=O)C2C1. The van der Waals surface area contributed by atoms with Crippen molar-refractivity contribution in [2.75, 3.05) is 11.9 Å². The quantitative estimate of drug-likeness (QED) is 0.591. The fraction of sp³-hybridized carbons (Fsp3) is 0.857. The fourth-order valence-corrected chi connectivity index (χ4v) is 4.15. The van der Waals surface area contributed by atoms with Crippen molar-refractivity contribution in [1.29, 1.82) is 0 Å². The fourth-order valence-electron chi connectivity index (χ4n) is 3.20. The Kier molecular flexibility index (Phi) is 4.15. The third-order valence-corrected chi connectivity index (χ3v) is 5.35. The van der Waals surface area contributed by atoms with Crippen LogP contribution in [0.3, 0.4) is 0 Å². The van der Waals surface area contributed by atoms with Gasteiger partial charge in [0.2, 0.25) is 11.8 Å². The van der Waals surface area contributed by atoms with Gasteiger partial charge in [0.1, 0.15) is 0 Å². The molecule has 0 radical (unpaired) electrons. The van der Waals surface area contributed by atoms with E-state index in [1.165, 1.54) is 4.90 Å². The molecule has 3 atom stereocenters. The van der Waals surface area contributed by atoms with Crippen molar-refractivity contribution in [3.05, 3.63) is 0 Å². The Morgan fingerprint density at radius 2 is 1.72 bits per heavy atom. The van der Waals surface area contributed by atoms with Crippen LogP contribution in [0.15, 0.2) is 0 Å². The zero-order chi connectivity index (χ0) is 13.4. The summed E-state index contributed by atoms with van der Waals surface area (Å²) in [5.74, 6) is 1.48. The minimum atomic E-state index is -0.0179. The summed E-state index contributed by atoms with van der Waals surface area (Å²) in [4.78, 5) is 26.1. The van der Waals surface area contributed by atoms with Gasteiger partial charge < -0.3 is 0 Å². The highest BCUT2D eigenvalue weighted by atomic mass is 79.9. The molecule has 2 amide bonds. The molecule has 1 heterocycles. The molecule has 1 saturated heterocycles. The van der Waals surface area contributed by atoms with E-state index in [9.17, 15) is 9.59 Å². The minimum Gasteiger partial charge on any atom is -0.282 e. The van der Waals surface area contributed by atoms with Crippen molar-refractivity contribution in [3.63, 3.8) is 0 Å². The lowest BCUT2D eigenvalue weighted by atomic mass is 9.97. The summed E-state index contributed by atoms with van der Waals surface area (Å²) < 4.78 is 0. The molecule has 2 fully saturated rings. The lowest BCUT2D eigenvalue weighted by Crippen LogP contribution is -2.38. The Morgan fingerprint density at radius 1 is 1.22 bits per heavy atom. The molecule has 0 spiro atoms. The van der Waals surface area contributed by atoms with Crippen molar-refractivity contribution in [1.82, 2.24) is 4.90 Å². The molecule has 2 aliphatic rings. The second kappa shape index (κ2) is 5.32. The van der Waals surface area contributed by atoms with E-state index in [4.69, 9.17) is 0 Å². The molecule has 0 aromatic heterocycles. The smallest absolute Gasteiger partial charge is 0.233 e. The first kappa shape index (κ1) is 14.0. The highest BCUT2D eigenvalue weighted by Crippen LogP contribution is 2.43. The number of imide groups is 1. The molecule has 0 aromatic carbocycles. The molecule has 0 aromatic rings. The highest BCUT2D eigenvalue weighted by molar-refractivity contribution is 9.09. The summed E-state index contributed by atoms with van der Waals surface area (Å²) in [7, 11) is 0. The zero-order valence-electron chi connectivity index (χ0n) is 11.4. The maximum atomic E-state index is 12.3. The van der Waals surface area contributed by atoms with Gasteiger partial charge in [-0.1, -0.05) is 36.7 Å². The summed E-state index contributed by atoms with van der Waals surface area (Å²) in [5, 5.41) is 0.841. The van der Waals surface area contributed by atoms with E-state index < -0.39 is 0 Å². The normalized spacial score (nSPS) is 33.4. The van der Waals surface area contributed by atoms with Crippen LogP contribution in [0.4, 0.5) is 0 Å². The highest BCUT2D eigenvalue weighted by Gasteiger charge is 2.51. The predicted molar refractivity (Wildman–Crippen MR) is 74.2 cm³/mol. The van der Waals surface area contributed by atoms with Gasteiger partial charge in [-0.3, -0.25) is 14.5 Å². The summed E-state index contributed by atoms with van der Waals surface area (Å²) in [6, 6.07) is 0. The minimum absolute atomic E-state index is 0.0179. The van der Waals surface area contributed by atoms with E-state index in [2.05, 4.69) is 36.7 Å². The number of fused-ring (bicyclic) bond motifs is 1. The number of hydrogen-bond acceptors (Lipinski definition) is 2. The zero-order valence-corrected chi connectivity index (χ0v) is 12.9. The molecule has 1 saturated carbocycles. The second-order valence-electron chi connectivity index (χ2n) is 6.24. The average Bonchev–Trinajstić information content (AvgIpc) is 2.78. The maximum absolute atomic E-state index is 12.3. The van der Waals surface area contributed by atoms with Gasteiger partial charge in [-0.15, -0.1) is 0 Å². The number of likely N-dealkylation sites (tertiary alicyclic amines) is 1. The van der Waals surface area contributed by atoms with E-state index in [1.54, 1.807) is 0 Å². The number of amides is 2.